The number of rotatable bonds is 6. The molecule has 0 aliphatic carbocycles. The number of likely N-dealkylation sites (tertiary alicyclic amines) is 1. The average Bonchev–Trinajstić information content (AvgIpc) is 2.92. The molecule has 1 aliphatic rings. The summed E-state index contributed by atoms with van der Waals surface area (Å²) < 4.78 is 0.593. The van der Waals surface area contributed by atoms with E-state index in [1.807, 2.05) is 18.2 Å². The highest BCUT2D eigenvalue weighted by molar-refractivity contribution is 9.15. The number of anilines is 2. The first kappa shape index (κ1) is 24.2. The van der Waals surface area contributed by atoms with Crippen molar-refractivity contribution >= 4 is 37.9 Å². The Morgan fingerprint density at radius 3 is 2.83 bits per heavy atom. The van der Waals surface area contributed by atoms with Gasteiger partial charge in [-0.2, -0.15) is 5.26 Å². The van der Waals surface area contributed by atoms with Crippen LogP contribution in [0.3, 0.4) is 0 Å². The standard InChI is InChI=1S/C25H25BrN8O/c26-21(13-28)24-32-22(11-23(33-24)30-15-18-3-1-9-29-14-18)19-4-2-10-34(16-19)25(35)31-20-7-5-17(12-27)6-8-20/h1,3,5-9,11,13-14,19H,2,4,10,15-16,28H2,(H,31,35)(H,30,32,33). The van der Waals surface area contributed by atoms with E-state index in [4.69, 9.17) is 16.0 Å². The van der Waals surface area contributed by atoms with Crippen molar-refractivity contribution in [2.24, 2.45) is 5.73 Å². The van der Waals surface area contributed by atoms with E-state index < -0.39 is 0 Å². The van der Waals surface area contributed by atoms with Gasteiger partial charge in [0.05, 0.1) is 21.8 Å². The molecule has 2 aromatic heterocycles. The van der Waals surface area contributed by atoms with Crippen molar-refractivity contribution < 1.29 is 4.79 Å². The number of urea groups is 1. The first-order valence-electron chi connectivity index (χ1n) is 11.2. The molecule has 1 atom stereocenters. The van der Waals surface area contributed by atoms with Gasteiger partial charge in [0.1, 0.15) is 5.82 Å². The van der Waals surface area contributed by atoms with E-state index in [0.29, 0.717) is 47.0 Å². The lowest BCUT2D eigenvalue weighted by Gasteiger charge is -2.32. The summed E-state index contributed by atoms with van der Waals surface area (Å²) in [5.74, 6) is 1.21. The topological polar surface area (TPSA) is 133 Å². The second kappa shape index (κ2) is 11.4. The van der Waals surface area contributed by atoms with E-state index >= 15 is 0 Å². The third-order valence-corrected chi connectivity index (χ3v) is 6.31. The zero-order chi connectivity index (χ0) is 24.6. The van der Waals surface area contributed by atoms with Crippen LogP contribution >= 0.6 is 15.9 Å². The summed E-state index contributed by atoms with van der Waals surface area (Å²) >= 11 is 3.43. The monoisotopic (exact) mass is 532 g/mol. The Morgan fingerprint density at radius 2 is 2.11 bits per heavy atom. The molecular formula is C25H25BrN8O. The number of nitrogens with zero attached hydrogens (tertiary/aromatic N) is 5. The normalized spacial score (nSPS) is 15.8. The number of aromatic nitrogens is 3. The van der Waals surface area contributed by atoms with E-state index in [1.165, 1.54) is 6.20 Å². The molecule has 3 heterocycles. The van der Waals surface area contributed by atoms with Crippen molar-refractivity contribution in [3.8, 4) is 6.07 Å². The molecule has 1 saturated heterocycles. The summed E-state index contributed by atoms with van der Waals surface area (Å²) in [6.07, 6.45) is 6.72. The number of hydrogen-bond acceptors (Lipinski definition) is 7. The van der Waals surface area contributed by atoms with Crippen molar-refractivity contribution in [1.82, 2.24) is 19.9 Å². The molecule has 0 saturated carbocycles. The van der Waals surface area contributed by atoms with Crippen LogP contribution in [-0.4, -0.2) is 39.0 Å². The van der Waals surface area contributed by atoms with E-state index in [9.17, 15) is 4.79 Å². The Bertz CT molecular complexity index is 1240. The van der Waals surface area contributed by atoms with Gasteiger partial charge in [0, 0.05) is 55.9 Å². The number of carbonyl (C=O) groups is 1. The summed E-state index contributed by atoms with van der Waals surface area (Å²) in [7, 11) is 0. The molecule has 9 nitrogen and oxygen atoms in total. The molecular weight excluding hydrogens is 508 g/mol. The summed E-state index contributed by atoms with van der Waals surface area (Å²) in [6.45, 7) is 1.76. The van der Waals surface area contributed by atoms with Gasteiger partial charge in [-0.3, -0.25) is 4.98 Å². The predicted molar refractivity (Wildman–Crippen MR) is 138 cm³/mol. The van der Waals surface area contributed by atoms with Crippen molar-refractivity contribution in [3.05, 3.63) is 83.7 Å². The van der Waals surface area contributed by atoms with Crippen molar-refractivity contribution in [2.75, 3.05) is 23.7 Å². The van der Waals surface area contributed by atoms with Crippen LogP contribution in [0, 0.1) is 11.3 Å². The number of nitrogens with one attached hydrogen (secondary N) is 2. The minimum absolute atomic E-state index is 0.0502. The van der Waals surface area contributed by atoms with Gasteiger partial charge >= 0.3 is 6.03 Å². The molecule has 1 aliphatic heterocycles. The van der Waals surface area contributed by atoms with E-state index in [-0.39, 0.29) is 11.9 Å². The zero-order valence-electron chi connectivity index (χ0n) is 19.0. The lowest BCUT2D eigenvalue weighted by Crippen LogP contribution is -2.41. The molecule has 1 aromatic carbocycles. The number of amides is 2. The van der Waals surface area contributed by atoms with Crippen LogP contribution in [-0.2, 0) is 6.54 Å². The molecule has 4 rings (SSSR count). The number of carbonyl (C=O) groups excluding carboxylic acids is 1. The summed E-state index contributed by atoms with van der Waals surface area (Å²) in [5.41, 5.74) is 8.78. The van der Waals surface area contributed by atoms with Crippen LogP contribution in [0.15, 0.2) is 61.1 Å². The smallest absolute Gasteiger partial charge is 0.321 e. The number of nitriles is 1. The second-order valence-electron chi connectivity index (χ2n) is 8.14. The van der Waals surface area contributed by atoms with Crippen LogP contribution in [0.25, 0.3) is 4.48 Å². The van der Waals surface area contributed by atoms with Crippen LogP contribution in [0.4, 0.5) is 16.3 Å². The van der Waals surface area contributed by atoms with Gasteiger partial charge in [-0.15, -0.1) is 0 Å². The first-order valence-corrected chi connectivity index (χ1v) is 12.0. The summed E-state index contributed by atoms with van der Waals surface area (Å²) in [4.78, 5) is 28.2. The molecule has 0 bridgehead atoms. The molecule has 2 amide bonds. The quantitative estimate of drug-likeness (QED) is 0.427. The number of benzene rings is 1. The lowest BCUT2D eigenvalue weighted by atomic mass is 9.94. The minimum Gasteiger partial charge on any atom is -0.404 e. The van der Waals surface area contributed by atoms with Gasteiger partial charge in [0.25, 0.3) is 0 Å². The van der Waals surface area contributed by atoms with Gasteiger partial charge in [-0.1, -0.05) is 6.07 Å². The SMILES string of the molecule is N#Cc1ccc(NC(=O)N2CCCC(c3cc(NCc4cccnc4)nc(C(Br)=CN)n3)C2)cc1. The fourth-order valence-corrected chi connectivity index (χ4v) is 4.05. The highest BCUT2D eigenvalue weighted by atomic mass is 79.9. The maximum absolute atomic E-state index is 12.9. The van der Waals surface area contributed by atoms with Gasteiger partial charge in [-0.05, 0) is 64.7 Å². The first-order chi connectivity index (χ1) is 17.1. The third-order valence-electron chi connectivity index (χ3n) is 5.69. The van der Waals surface area contributed by atoms with Gasteiger partial charge in [-0.25, -0.2) is 14.8 Å². The van der Waals surface area contributed by atoms with Gasteiger partial charge in [0.2, 0.25) is 0 Å². The number of nitrogens with two attached hydrogens (primary N) is 1. The Labute approximate surface area is 212 Å². The Kier molecular flexibility index (Phi) is 7.90. The van der Waals surface area contributed by atoms with E-state index in [1.54, 1.807) is 41.6 Å². The number of piperidine rings is 1. The summed E-state index contributed by atoms with van der Waals surface area (Å²) in [5, 5.41) is 15.2. The minimum atomic E-state index is -0.174. The molecule has 0 radical (unpaired) electrons. The van der Waals surface area contributed by atoms with Crippen LogP contribution in [0.2, 0.25) is 0 Å². The number of pyridine rings is 1. The Hall–Kier alpha value is -3.97. The second-order valence-corrected chi connectivity index (χ2v) is 8.99. The van der Waals surface area contributed by atoms with E-state index in [2.05, 4.69) is 42.6 Å². The molecule has 4 N–H and O–H groups in total. The predicted octanol–water partition coefficient (Wildman–Crippen LogP) is 4.42. The molecule has 178 valence electrons. The van der Waals surface area contributed by atoms with E-state index in [0.717, 1.165) is 24.1 Å². The Balaban J connectivity index is 1.49. The maximum Gasteiger partial charge on any atom is 0.321 e. The molecule has 1 unspecified atom stereocenters. The average molecular weight is 533 g/mol. The van der Waals surface area contributed by atoms with Crippen LogP contribution in [0.1, 0.15) is 41.4 Å². The molecule has 10 heteroatoms. The fourth-order valence-electron chi connectivity index (χ4n) is 3.88. The van der Waals surface area contributed by atoms with Crippen molar-refractivity contribution in [1.29, 1.82) is 5.26 Å². The zero-order valence-corrected chi connectivity index (χ0v) is 20.6. The fraction of sp³-hybridized carbons (Fsp3) is 0.240. The number of hydrogen-bond donors (Lipinski definition) is 3. The highest BCUT2D eigenvalue weighted by Gasteiger charge is 2.27. The van der Waals surface area contributed by atoms with Crippen LogP contribution in [0.5, 0.6) is 0 Å². The molecule has 35 heavy (non-hydrogen) atoms. The number of halogens is 1. The van der Waals surface area contributed by atoms with Gasteiger partial charge < -0.3 is 21.3 Å². The molecule has 0 spiro atoms. The van der Waals surface area contributed by atoms with Crippen molar-refractivity contribution in [2.45, 2.75) is 25.3 Å². The lowest BCUT2D eigenvalue weighted by molar-refractivity contribution is 0.192. The van der Waals surface area contributed by atoms with Crippen LogP contribution < -0.4 is 16.4 Å². The largest absolute Gasteiger partial charge is 0.404 e. The third kappa shape index (κ3) is 6.33. The Morgan fingerprint density at radius 1 is 1.29 bits per heavy atom. The summed E-state index contributed by atoms with van der Waals surface area (Å²) in [6, 6.07) is 14.5. The molecule has 1 fully saturated rings. The highest BCUT2D eigenvalue weighted by Crippen LogP contribution is 2.29. The molecule has 3 aromatic rings. The van der Waals surface area contributed by atoms with Gasteiger partial charge in [0.15, 0.2) is 5.82 Å². The van der Waals surface area contributed by atoms with Crippen molar-refractivity contribution in [3.63, 3.8) is 0 Å². The maximum atomic E-state index is 12.9.